The van der Waals surface area contributed by atoms with Crippen molar-refractivity contribution in [1.29, 1.82) is 0 Å². The number of hydrogen-bond acceptors (Lipinski definition) is 7. The summed E-state index contributed by atoms with van der Waals surface area (Å²) in [5.74, 6) is -1.76. The molecule has 2 aromatic carbocycles. The molecule has 2 rings (SSSR count). The van der Waals surface area contributed by atoms with Crippen molar-refractivity contribution in [3.63, 3.8) is 0 Å². The molecule has 0 fully saturated rings. The van der Waals surface area contributed by atoms with E-state index in [9.17, 15) is 19.2 Å². The van der Waals surface area contributed by atoms with Crippen LogP contribution in [0.25, 0.3) is 0 Å². The van der Waals surface area contributed by atoms with Gasteiger partial charge < -0.3 is 14.2 Å². The first-order valence-corrected chi connectivity index (χ1v) is 8.50. The van der Waals surface area contributed by atoms with Gasteiger partial charge in [-0.15, -0.1) is 0 Å². The van der Waals surface area contributed by atoms with Gasteiger partial charge in [0.15, 0.2) is 5.78 Å². The molecule has 148 valence electrons. The fourth-order valence-electron chi connectivity index (χ4n) is 2.18. The van der Waals surface area contributed by atoms with Gasteiger partial charge in [-0.05, 0) is 36.4 Å². The van der Waals surface area contributed by atoms with Crippen molar-refractivity contribution in [2.75, 3.05) is 13.2 Å². The number of carbonyl (C=O) groups excluding carboxylic acids is 4. The summed E-state index contributed by atoms with van der Waals surface area (Å²) in [4.78, 5) is 46.5. The quantitative estimate of drug-likeness (QED) is 0.212. The van der Waals surface area contributed by atoms with Crippen LogP contribution in [0.2, 0.25) is 0 Å². The van der Waals surface area contributed by atoms with Gasteiger partial charge in [0.05, 0.1) is 5.56 Å². The van der Waals surface area contributed by atoms with Crippen molar-refractivity contribution in [3.8, 4) is 5.75 Å². The normalized spacial score (nSPS) is 9.79. The Balaban J connectivity index is 1.94. The van der Waals surface area contributed by atoms with Gasteiger partial charge in [0.25, 0.3) is 0 Å². The van der Waals surface area contributed by atoms with Crippen LogP contribution < -0.4 is 4.74 Å². The molecule has 2 aromatic rings. The van der Waals surface area contributed by atoms with Crippen LogP contribution in [0.4, 0.5) is 0 Å². The molecule has 7 nitrogen and oxygen atoms in total. The summed E-state index contributed by atoms with van der Waals surface area (Å²) in [5, 5.41) is 0. The molecule has 0 saturated heterocycles. The first kappa shape index (κ1) is 21.3. The molecular weight excluding hydrogens is 376 g/mol. The van der Waals surface area contributed by atoms with E-state index in [-0.39, 0.29) is 24.6 Å². The molecule has 0 aliphatic heterocycles. The summed E-state index contributed by atoms with van der Waals surface area (Å²) < 4.78 is 14.6. The SMILES string of the molecule is C=CC(=O)OCCOC(=O)c1ccc(C(=O)c2ccc(OC(=O)C=C)cc2)cc1. The third-order valence-corrected chi connectivity index (χ3v) is 3.61. The van der Waals surface area contributed by atoms with E-state index in [0.29, 0.717) is 16.9 Å². The minimum Gasteiger partial charge on any atom is -0.459 e. The Morgan fingerprint density at radius 1 is 0.690 bits per heavy atom. The van der Waals surface area contributed by atoms with Crippen LogP contribution in [0.15, 0.2) is 73.8 Å². The zero-order valence-electron chi connectivity index (χ0n) is 15.5. The highest BCUT2D eigenvalue weighted by Gasteiger charge is 2.12. The fourth-order valence-corrected chi connectivity index (χ4v) is 2.18. The number of rotatable bonds is 9. The lowest BCUT2D eigenvalue weighted by atomic mass is 10.0. The van der Waals surface area contributed by atoms with Crippen LogP contribution in [0.1, 0.15) is 26.3 Å². The number of hydrogen-bond donors (Lipinski definition) is 0. The van der Waals surface area contributed by atoms with E-state index in [1.807, 2.05) is 0 Å². The maximum Gasteiger partial charge on any atom is 0.338 e. The molecule has 0 aliphatic carbocycles. The van der Waals surface area contributed by atoms with E-state index in [4.69, 9.17) is 14.2 Å². The van der Waals surface area contributed by atoms with Crippen LogP contribution in [0.3, 0.4) is 0 Å². The van der Waals surface area contributed by atoms with Crippen LogP contribution in [0.5, 0.6) is 5.75 Å². The van der Waals surface area contributed by atoms with Crippen molar-refractivity contribution in [2.45, 2.75) is 0 Å². The molecule has 29 heavy (non-hydrogen) atoms. The lowest BCUT2D eigenvalue weighted by molar-refractivity contribution is -0.138. The Hall–Kier alpha value is -4.00. The molecule has 0 atom stereocenters. The molecule has 7 heteroatoms. The van der Waals surface area contributed by atoms with Crippen molar-refractivity contribution < 1.29 is 33.4 Å². The zero-order chi connectivity index (χ0) is 21.2. The Kier molecular flexibility index (Phi) is 7.61. The zero-order valence-corrected chi connectivity index (χ0v) is 15.5. The number of carbonyl (C=O) groups is 4. The predicted molar refractivity (Wildman–Crippen MR) is 104 cm³/mol. The number of benzene rings is 2. The van der Waals surface area contributed by atoms with E-state index in [1.165, 1.54) is 48.5 Å². The number of ether oxygens (including phenoxy) is 3. The lowest BCUT2D eigenvalue weighted by Gasteiger charge is -2.07. The van der Waals surface area contributed by atoms with Crippen molar-refractivity contribution in [1.82, 2.24) is 0 Å². The van der Waals surface area contributed by atoms with E-state index in [1.54, 1.807) is 0 Å². The standard InChI is InChI=1S/C22H18O7/c1-3-19(23)27-13-14-28-22(26)17-7-5-15(6-8-17)21(25)16-9-11-18(12-10-16)29-20(24)4-2/h3-12H,1-2,13-14H2. The van der Waals surface area contributed by atoms with Crippen molar-refractivity contribution in [2.24, 2.45) is 0 Å². The number of esters is 3. The monoisotopic (exact) mass is 394 g/mol. The summed E-state index contributed by atoms with van der Waals surface area (Å²) in [6.45, 7) is 6.39. The summed E-state index contributed by atoms with van der Waals surface area (Å²) in [5.41, 5.74) is 1.02. The first-order valence-electron chi connectivity index (χ1n) is 8.50. The van der Waals surface area contributed by atoms with Gasteiger partial charge >= 0.3 is 17.9 Å². The average molecular weight is 394 g/mol. The van der Waals surface area contributed by atoms with Crippen molar-refractivity contribution in [3.05, 3.63) is 90.5 Å². The molecule has 0 radical (unpaired) electrons. The van der Waals surface area contributed by atoms with Crippen LogP contribution in [-0.4, -0.2) is 36.9 Å². The third kappa shape index (κ3) is 6.28. The second kappa shape index (κ2) is 10.4. The van der Waals surface area contributed by atoms with Crippen molar-refractivity contribution >= 4 is 23.7 Å². The van der Waals surface area contributed by atoms with Gasteiger partial charge in [0.1, 0.15) is 19.0 Å². The third-order valence-electron chi connectivity index (χ3n) is 3.61. The number of ketones is 1. The van der Waals surface area contributed by atoms with Gasteiger partial charge in [0, 0.05) is 23.3 Å². The first-order chi connectivity index (χ1) is 13.9. The Labute approximate surface area is 167 Å². The Morgan fingerprint density at radius 3 is 1.72 bits per heavy atom. The van der Waals surface area contributed by atoms with Crippen LogP contribution in [-0.2, 0) is 19.1 Å². The highest BCUT2D eigenvalue weighted by molar-refractivity contribution is 6.09. The molecule has 0 N–H and O–H groups in total. The van der Waals surface area contributed by atoms with E-state index >= 15 is 0 Å². The highest BCUT2D eigenvalue weighted by Crippen LogP contribution is 2.16. The van der Waals surface area contributed by atoms with Crippen LogP contribution >= 0.6 is 0 Å². The van der Waals surface area contributed by atoms with E-state index in [2.05, 4.69) is 13.2 Å². The lowest BCUT2D eigenvalue weighted by Crippen LogP contribution is -2.13. The predicted octanol–water partition coefficient (Wildman–Crippen LogP) is 2.90. The minimum atomic E-state index is -0.605. The molecule has 0 aliphatic rings. The second-order valence-electron chi connectivity index (χ2n) is 5.56. The average Bonchev–Trinajstić information content (AvgIpc) is 2.76. The minimum absolute atomic E-state index is 0.0781. The molecule has 0 amide bonds. The van der Waals surface area contributed by atoms with Gasteiger partial charge in [-0.3, -0.25) is 4.79 Å². The summed E-state index contributed by atoms with van der Waals surface area (Å²) >= 11 is 0. The topological polar surface area (TPSA) is 96.0 Å². The van der Waals surface area contributed by atoms with Gasteiger partial charge in [-0.1, -0.05) is 25.3 Å². The molecule has 0 bridgehead atoms. The van der Waals surface area contributed by atoms with E-state index < -0.39 is 17.9 Å². The smallest absolute Gasteiger partial charge is 0.338 e. The molecule has 0 aromatic heterocycles. The molecule has 0 heterocycles. The molecule has 0 spiro atoms. The Bertz CT molecular complexity index is 925. The molecular formula is C22H18O7. The molecule has 0 saturated carbocycles. The van der Waals surface area contributed by atoms with Crippen LogP contribution in [0, 0.1) is 0 Å². The van der Waals surface area contributed by atoms with Gasteiger partial charge in [-0.25, -0.2) is 14.4 Å². The summed E-state index contributed by atoms with van der Waals surface area (Å²) in [6.07, 6.45) is 2.05. The maximum atomic E-state index is 12.5. The van der Waals surface area contributed by atoms with E-state index in [0.717, 1.165) is 12.2 Å². The largest absolute Gasteiger partial charge is 0.459 e. The van der Waals surface area contributed by atoms with Gasteiger partial charge in [0.2, 0.25) is 0 Å². The Morgan fingerprint density at radius 2 is 1.17 bits per heavy atom. The summed E-state index contributed by atoms with van der Waals surface area (Å²) in [7, 11) is 0. The fraction of sp³-hybridized carbons (Fsp3) is 0.0909. The highest BCUT2D eigenvalue weighted by atomic mass is 16.6. The van der Waals surface area contributed by atoms with Gasteiger partial charge in [-0.2, -0.15) is 0 Å². The molecule has 0 unspecified atom stereocenters. The maximum absolute atomic E-state index is 12.5. The second-order valence-corrected chi connectivity index (χ2v) is 5.56. The summed E-state index contributed by atoms with van der Waals surface area (Å²) in [6, 6.07) is 12.0.